The van der Waals surface area contributed by atoms with Crippen LogP contribution in [0.1, 0.15) is 32.6 Å². The fourth-order valence-corrected chi connectivity index (χ4v) is 5.89. The highest BCUT2D eigenvalue weighted by Crippen LogP contribution is 2.28. The van der Waals surface area contributed by atoms with Crippen molar-refractivity contribution in [1.29, 1.82) is 0 Å². The molecule has 0 aromatic heterocycles. The van der Waals surface area contributed by atoms with Gasteiger partial charge in [0.15, 0.2) is 0 Å². The van der Waals surface area contributed by atoms with E-state index in [1.54, 1.807) is 6.07 Å². The van der Waals surface area contributed by atoms with Crippen LogP contribution in [0, 0.1) is 11.7 Å². The number of esters is 1. The number of nitrogens with one attached hydrogen (secondary N) is 1. The minimum Gasteiger partial charge on any atom is -0.466 e. The van der Waals surface area contributed by atoms with E-state index >= 15 is 0 Å². The predicted octanol–water partition coefficient (Wildman–Crippen LogP) is 3.87. The summed E-state index contributed by atoms with van der Waals surface area (Å²) in [5.74, 6) is -0.516. The molecule has 7 nitrogen and oxygen atoms in total. The van der Waals surface area contributed by atoms with Gasteiger partial charge in [-0.2, -0.15) is 0 Å². The number of hydrogen-bond acceptors (Lipinski definition) is 6. The molecule has 2 aromatic carbocycles. The van der Waals surface area contributed by atoms with Gasteiger partial charge in [0.05, 0.1) is 23.1 Å². The largest absolute Gasteiger partial charge is 0.466 e. The Morgan fingerprint density at radius 2 is 1.71 bits per heavy atom. The second-order valence-electron chi connectivity index (χ2n) is 8.89. The number of benzene rings is 2. The molecule has 0 bridgehead atoms. The molecule has 0 spiro atoms. The summed E-state index contributed by atoms with van der Waals surface area (Å²) in [4.78, 5) is 16.8. The molecule has 2 heterocycles. The molecule has 2 aliphatic rings. The molecular weight excluding hydrogens is 457 g/mol. The molecule has 9 heteroatoms. The van der Waals surface area contributed by atoms with Crippen molar-refractivity contribution in [2.45, 2.75) is 43.5 Å². The number of carbonyl (C=O) groups is 1. The molecule has 34 heavy (non-hydrogen) atoms. The molecule has 2 aromatic rings. The zero-order valence-corrected chi connectivity index (χ0v) is 20.3. The van der Waals surface area contributed by atoms with E-state index in [1.165, 1.54) is 12.1 Å². The SMILES string of the molecule is CCOC(=O)C1CCN(C2CCN(c3cccc(NS(=O)(=O)c4ccc(F)cc4)c3)CC2)CC1. The summed E-state index contributed by atoms with van der Waals surface area (Å²) >= 11 is 0. The van der Waals surface area contributed by atoms with Crippen LogP contribution in [-0.4, -0.2) is 58.1 Å². The first-order valence-electron chi connectivity index (χ1n) is 11.9. The maximum absolute atomic E-state index is 13.1. The Hall–Kier alpha value is -2.65. The van der Waals surface area contributed by atoms with E-state index in [0.29, 0.717) is 18.3 Å². The Balaban J connectivity index is 1.32. The zero-order chi connectivity index (χ0) is 24.1. The lowest BCUT2D eigenvalue weighted by Crippen LogP contribution is -2.48. The van der Waals surface area contributed by atoms with Gasteiger partial charge in [-0.15, -0.1) is 0 Å². The van der Waals surface area contributed by atoms with Crippen LogP contribution in [0.3, 0.4) is 0 Å². The third-order valence-corrected chi connectivity index (χ3v) is 8.12. The molecule has 0 atom stereocenters. The molecule has 0 radical (unpaired) electrons. The molecule has 4 rings (SSSR count). The van der Waals surface area contributed by atoms with Gasteiger partial charge in [-0.3, -0.25) is 9.52 Å². The zero-order valence-electron chi connectivity index (χ0n) is 19.5. The minimum atomic E-state index is -3.79. The maximum Gasteiger partial charge on any atom is 0.309 e. The third-order valence-electron chi connectivity index (χ3n) is 6.72. The van der Waals surface area contributed by atoms with E-state index in [2.05, 4.69) is 14.5 Å². The van der Waals surface area contributed by atoms with Gasteiger partial charge in [-0.1, -0.05) is 6.07 Å². The second kappa shape index (κ2) is 10.7. The van der Waals surface area contributed by atoms with Crippen LogP contribution >= 0.6 is 0 Å². The van der Waals surface area contributed by atoms with E-state index in [0.717, 1.165) is 69.7 Å². The third kappa shape index (κ3) is 5.88. The summed E-state index contributed by atoms with van der Waals surface area (Å²) in [6.07, 6.45) is 3.76. The van der Waals surface area contributed by atoms with E-state index < -0.39 is 15.8 Å². The van der Waals surface area contributed by atoms with Crippen molar-refractivity contribution < 1.29 is 22.3 Å². The molecule has 2 fully saturated rings. The number of nitrogens with zero attached hydrogens (tertiary/aromatic N) is 2. The number of sulfonamides is 1. The monoisotopic (exact) mass is 489 g/mol. The standard InChI is InChI=1S/C25H32FN3O4S/c1-2-33-25(30)19-10-14-28(15-11-19)22-12-16-29(17-13-22)23-5-3-4-21(18-23)27-34(31,32)24-8-6-20(26)7-9-24/h3-9,18-19,22,27H,2,10-17H2,1H3. The van der Waals surface area contributed by atoms with Crippen molar-refractivity contribution in [3.8, 4) is 0 Å². The molecular formula is C25H32FN3O4S. The first-order chi connectivity index (χ1) is 16.4. The van der Waals surface area contributed by atoms with Gasteiger partial charge >= 0.3 is 5.97 Å². The Labute approximate surface area is 200 Å². The number of carbonyl (C=O) groups excluding carboxylic acids is 1. The predicted molar refractivity (Wildman–Crippen MR) is 130 cm³/mol. The highest BCUT2D eigenvalue weighted by molar-refractivity contribution is 7.92. The number of ether oxygens (including phenoxy) is 1. The minimum absolute atomic E-state index is 0.0202. The van der Waals surface area contributed by atoms with Crippen molar-refractivity contribution in [3.05, 3.63) is 54.3 Å². The number of likely N-dealkylation sites (tertiary alicyclic amines) is 1. The van der Waals surface area contributed by atoms with Crippen molar-refractivity contribution in [2.24, 2.45) is 5.92 Å². The van der Waals surface area contributed by atoms with Crippen LogP contribution in [0.15, 0.2) is 53.4 Å². The Bertz CT molecular complexity index is 1080. The summed E-state index contributed by atoms with van der Waals surface area (Å²) < 4.78 is 46.2. The van der Waals surface area contributed by atoms with Gasteiger partial charge in [0.1, 0.15) is 5.82 Å². The molecule has 0 aliphatic carbocycles. The normalized spacial score (nSPS) is 18.6. The lowest BCUT2D eigenvalue weighted by atomic mass is 9.93. The number of halogens is 1. The highest BCUT2D eigenvalue weighted by atomic mass is 32.2. The van der Waals surface area contributed by atoms with E-state index in [-0.39, 0.29) is 16.8 Å². The highest BCUT2D eigenvalue weighted by Gasteiger charge is 2.31. The molecule has 2 aliphatic heterocycles. The van der Waals surface area contributed by atoms with Gasteiger partial charge in [0.25, 0.3) is 10.0 Å². The molecule has 0 amide bonds. The maximum atomic E-state index is 13.1. The number of rotatable bonds is 7. The fraction of sp³-hybridized carbons (Fsp3) is 0.480. The molecule has 0 saturated carbocycles. The molecule has 1 N–H and O–H groups in total. The van der Waals surface area contributed by atoms with Gasteiger partial charge < -0.3 is 14.5 Å². The fourth-order valence-electron chi connectivity index (χ4n) is 4.84. The second-order valence-corrected chi connectivity index (χ2v) is 10.6. The molecule has 0 unspecified atom stereocenters. The van der Waals surface area contributed by atoms with Gasteiger partial charge in [-0.05, 0) is 88.2 Å². The van der Waals surface area contributed by atoms with Crippen molar-refractivity contribution >= 4 is 27.4 Å². The Morgan fingerprint density at radius 3 is 2.35 bits per heavy atom. The Kier molecular flexibility index (Phi) is 7.73. The topological polar surface area (TPSA) is 79.0 Å². The molecule has 2 saturated heterocycles. The van der Waals surface area contributed by atoms with Crippen molar-refractivity contribution in [2.75, 3.05) is 42.4 Å². The lowest BCUT2D eigenvalue weighted by Gasteiger charge is -2.42. The molecule has 184 valence electrons. The summed E-state index contributed by atoms with van der Waals surface area (Å²) in [5, 5.41) is 0. The smallest absolute Gasteiger partial charge is 0.309 e. The van der Waals surface area contributed by atoms with E-state index in [1.807, 2.05) is 25.1 Å². The van der Waals surface area contributed by atoms with E-state index in [9.17, 15) is 17.6 Å². The Morgan fingerprint density at radius 1 is 1.03 bits per heavy atom. The van der Waals surface area contributed by atoms with Gasteiger partial charge in [-0.25, -0.2) is 12.8 Å². The van der Waals surface area contributed by atoms with Crippen LogP contribution in [-0.2, 0) is 19.6 Å². The lowest BCUT2D eigenvalue weighted by molar-refractivity contribution is -0.149. The average Bonchev–Trinajstić information content (AvgIpc) is 2.84. The van der Waals surface area contributed by atoms with Crippen molar-refractivity contribution in [1.82, 2.24) is 4.90 Å². The summed E-state index contributed by atoms with van der Waals surface area (Å²) in [7, 11) is -3.79. The van der Waals surface area contributed by atoms with Gasteiger partial charge in [0, 0.05) is 24.8 Å². The summed E-state index contributed by atoms with van der Waals surface area (Å²) in [6.45, 7) is 5.90. The van der Waals surface area contributed by atoms with Crippen molar-refractivity contribution in [3.63, 3.8) is 0 Å². The average molecular weight is 490 g/mol. The van der Waals surface area contributed by atoms with Crippen LogP contribution in [0.5, 0.6) is 0 Å². The van der Waals surface area contributed by atoms with Crippen LogP contribution in [0.25, 0.3) is 0 Å². The number of piperidine rings is 2. The summed E-state index contributed by atoms with van der Waals surface area (Å²) in [6, 6.07) is 12.6. The summed E-state index contributed by atoms with van der Waals surface area (Å²) in [5.41, 5.74) is 1.45. The van der Waals surface area contributed by atoms with Crippen LogP contribution in [0.2, 0.25) is 0 Å². The van der Waals surface area contributed by atoms with Crippen LogP contribution < -0.4 is 9.62 Å². The van der Waals surface area contributed by atoms with E-state index in [4.69, 9.17) is 4.74 Å². The van der Waals surface area contributed by atoms with Gasteiger partial charge in [0.2, 0.25) is 0 Å². The number of anilines is 2. The number of hydrogen-bond donors (Lipinski definition) is 1. The van der Waals surface area contributed by atoms with Crippen LogP contribution in [0.4, 0.5) is 15.8 Å². The quantitative estimate of drug-likeness (QED) is 0.595. The first-order valence-corrected chi connectivity index (χ1v) is 13.4. The first kappa shape index (κ1) is 24.5.